The van der Waals surface area contributed by atoms with Gasteiger partial charge in [-0.3, -0.25) is 4.79 Å². The van der Waals surface area contributed by atoms with Crippen molar-refractivity contribution < 1.29 is 24.0 Å². The number of aliphatic hydroxyl groups is 1. The standard InChI is InChI=1S/C27H39N5O5/c1-16-12-32(17(2)15-33)25(34)11-21-10-22(28-27(35)29-26-18(3)30-37-19(26)4)8-9-23(21)36-24(16)14-31(5)13-20-6-7-20/h8-10,16-17,20,24,33H,6-7,11-15H2,1-5H3,(H2,28,29,35)/t16-,17-,24-/m1/s1. The van der Waals surface area contributed by atoms with E-state index in [4.69, 9.17) is 9.26 Å². The van der Waals surface area contributed by atoms with Crippen LogP contribution in [-0.2, 0) is 11.2 Å². The van der Waals surface area contributed by atoms with E-state index in [2.05, 4.69) is 34.7 Å². The summed E-state index contributed by atoms with van der Waals surface area (Å²) in [5.41, 5.74) is 2.35. The minimum Gasteiger partial charge on any atom is -0.488 e. The lowest BCUT2D eigenvalue weighted by atomic mass is 10.0. The molecule has 1 aromatic carbocycles. The Morgan fingerprint density at radius 3 is 2.68 bits per heavy atom. The third-order valence-corrected chi connectivity index (χ3v) is 7.20. The molecule has 1 aromatic heterocycles. The summed E-state index contributed by atoms with van der Waals surface area (Å²) >= 11 is 0. The van der Waals surface area contributed by atoms with Crippen LogP contribution in [0.2, 0.25) is 0 Å². The first-order valence-electron chi connectivity index (χ1n) is 13.0. The normalized spacial score (nSPS) is 20.9. The fraction of sp³-hybridized carbons (Fsp3) is 0.593. The zero-order chi connectivity index (χ0) is 26.7. The van der Waals surface area contributed by atoms with Gasteiger partial charge in [0.1, 0.15) is 23.2 Å². The van der Waals surface area contributed by atoms with E-state index < -0.39 is 6.03 Å². The van der Waals surface area contributed by atoms with Crippen molar-refractivity contribution in [1.29, 1.82) is 0 Å². The van der Waals surface area contributed by atoms with Crippen molar-refractivity contribution in [2.75, 3.05) is 43.9 Å². The van der Waals surface area contributed by atoms with Gasteiger partial charge in [-0.25, -0.2) is 4.79 Å². The third kappa shape index (κ3) is 6.81. The molecule has 10 heteroatoms. The number of nitrogens with one attached hydrogen (secondary N) is 2. The number of hydrogen-bond acceptors (Lipinski definition) is 7. The SMILES string of the molecule is Cc1noc(C)c1NC(=O)Nc1ccc2c(c1)CC(=O)N([C@H](C)CO)C[C@@H](C)[C@@H](CN(C)CC1CC1)O2. The molecule has 0 radical (unpaired) electrons. The monoisotopic (exact) mass is 513 g/mol. The summed E-state index contributed by atoms with van der Waals surface area (Å²) in [6.45, 7) is 9.61. The maximum absolute atomic E-state index is 13.4. The summed E-state index contributed by atoms with van der Waals surface area (Å²) in [4.78, 5) is 30.1. The first-order valence-corrected chi connectivity index (χ1v) is 13.0. The maximum atomic E-state index is 13.4. The number of likely N-dealkylation sites (N-methyl/N-ethyl adjacent to an activating group) is 1. The summed E-state index contributed by atoms with van der Waals surface area (Å²) < 4.78 is 11.7. The molecule has 3 amide bonds. The van der Waals surface area contributed by atoms with Crippen molar-refractivity contribution in [3.8, 4) is 5.75 Å². The number of aliphatic hydroxyl groups excluding tert-OH is 1. The number of aromatic nitrogens is 1. The number of rotatable bonds is 8. The van der Waals surface area contributed by atoms with E-state index in [0.29, 0.717) is 40.7 Å². The molecule has 4 rings (SSSR count). The highest BCUT2D eigenvalue weighted by Gasteiger charge is 2.32. The molecule has 2 heterocycles. The Labute approximate surface area is 218 Å². The van der Waals surface area contributed by atoms with Crippen molar-refractivity contribution in [2.24, 2.45) is 11.8 Å². The molecule has 37 heavy (non-hydrogen) atoms. The van der Waals surface area contributed by atoms with Crippen LogP contribution < -0.4 is 15.4 Å². The van der Waals surface area contributed by atoms with Gasteiger partial charge in [0.15, 0.2) is 5.76 Å². The number of hydrogen-bond donors (Lipinski definition) is 3. The number of benzene rings is 1. The lowest BCUT2D eigenvalue weighted by molar-refractivity contribution is -0.134. The minimum absolute atomic E-state index is 0.0594. The Kier molecular flexibility index (Phi) is 8.39. The summed E-state index contributed by atoms with van der Waals surface area (Å²) in [6.07, 6.45) is 2.54. The first-order chi connectivity index (χ1) is 17.6. The Hall–Kier alpha value is -3.11. The number of urea groups is 1. The molecule has 202 valence electrons. The molecule has 0 bridgehead atoms. The molecule has 0 unspecified atom stereocenters. The Morgan fingerprint density at radius 1 is 1.27 bits per heavy atom. The number of amides is 3. The molecular weight excluding hydrogens is 474 g/mol. The largest absolute Gasteiger partial charge is 0.488 e. The molecule has 1 fully saturated rings. The van der Waals surface area contributed by atoms with Gasteiger partial charge in [-0.15, -0.1) is 0 Å². The van der Waals surface area contributed by atoms with Gasteiger partial charge in [0, 0.05) is 36.8 Å². The van der Waals surface area contributed by atoms with Crippen molar-refractivity contribution in [3.63, 3.8) is 0 Å². The minimum atomic E-state index is -0.437. The number of ether oxygens (including phenoxy) is 1. The van der Waals surface area contributed by atoms with E-state index in [9.17, 15) is 14.7 Å². The van der Waals surface area contributed by atoms with Crippen LogP contribution in [0.15, 0.2) is 22.7 Å². The smallest absolute Gasteiger partial charge is 0.323 e. The summed E-state index contributed by atoms with van der Waals surface area (Å²) in [5.74, 6) is 1.90. The number of anilines is 2. The fourth-order valence-electron chi connectivity index (χ4n) is 4.79. The zero-order valence-electron chi connectivity index (χ0n) is 22.4. The van der Waals surface area contributed by atoms with Crippen LogP contribution in [0.5, 0.6) is 5.75 Å². The maximum Gasteiger partial charge on any atom is 0.323 e. The molecule has 1 saturated carbocycles. The van der Waals surface area contributed by atoms with Gasteiger partial charge in [0.2, 0.25) is 5.91 Å². The number of fused-ring (bicyclic) bond motifs is 1. The van der Waals surface area contributed by atoms with Gasteiger partial charge in [0.25, 0.3) is 0 Å². The topological polar surface area (TPSA) is 120 Å². The van der Waals surface area contributed by atoms with E-state index in [1.54, 1.807) is 30.9 Å². The van der Waals surface area contributed by atoms with Gasteiger partial charge >= 0.3 is 6.03 Å². The zero-order valence-corrected chi connectivity index (χ0v) is 22.4. The highest BCUT2D eigenvalue weighted by Crippen LogP contribution is 2.31. The Morgan fingerprint density at radius 2 is 2.03 bits per heavy atom. The second-order valence-corrected chi connectivity index (χ2v) is 10.7. The molecule has 10 nitrogen and oxygen atoms in total. The summed E-state index contributed by atoms with van der Waals surface area (Å²) in [5, 5.41) is 19.3. The molecule has 1 aliphatic heterocycles. The van der Waals surface area contributed by atoms with Gasteiger partial charge in [0.05, 0.1) is 19.1 Å². The van der Waals surface area contributed by atoms with Gasteiger partial charge in [-0.1, -0.05) is 12.1 Å². The predicted octanol–water partition coefficient (Wildman–Crippen LogP) is 3.43. The highest BCUT2D eigenvalue weighted by molar-refractivity contribution is 6.00. The highest BCUT2D eigenvalue weighted by atomic mass is 16.5. The second kappa shape index (κ2) is 11.5. The Balaban J connectivity index is 1.56. The molecular formula is C27H39N5O5. The van der Waals surface area contributed by atoms with E-state index in [1.807, 2.05) is 13.0 Å². The van der Waals surface area contributed by atoms with Crippen LogP contribution in [0.1, 0.15) is 43.7 Å². The van der Waals surface area contributed by atoms with E-state index in [-0.39, 0.29) is 37.0 Å². The van der Waals surface area contributed by atoms with Crippen LogP contribution in [0.4, 0.5) is 16.2 Å². The van der Waals surface area contributed by atoms with Crippen LogP contribution in [-0.4, -0.2) is 77.4 Å². The van der Waals surface area contributed by atoms with Crippen LogP contribution in [0.25, 0.3) is 0 Å². The average molecular weight is 514 g/mol. The molecule has 0 spiro atoms. The summed E-state index contributed by atoms with van der Waals surface area (Å²) in [6, 6.07) is 4.64. The van der Waals surface area contributed by atoms with Crippen molar-refractivity contribution in [3.05, 3.63) is 35.2 Å². The van der Waals surface area contributed by atoms with E-state index in [1.165, 1.54) is 12.8 Å². The molecule has 1 aliphatic carbocycles. The van der Waals surface area contributed by atoms with Crippen LogP contribution in [0.3, 0.4) is 0 Å². The predicted molar refractivity (Wildman–Crippen MR) is 141 cm³/mol. The van der Waals surface area contributed by atoms with Crippen LogP contribution in [0, 0.1) is 25.7 Å². The third-order valence-electron chi connectivity index (χ3n) is 7.20. The molecule has 2 aliphatic rings. The number of nitrogens with zero attached hydrogens (tertiary/aromatic N) is 3. The quantitative estimate of drug-likeness (QED) is 0.495. The van der Waals surface area contributed by atoms with E-state index in [0.717, 1.165) is 19.0 Å². The number of aryl methyl sites for hydroxylation is 2. The average Bonchev–Trinajstić information content (AvgIpc) is 3.61. The summed E-state index contributed by atoms with van der Waals surface area (Å²) in [7, 11) is 2.12. The first kappa shape index (κ1) is 26.9. The van der Waals surface area contributed by atoms with E-state index >= 15 is 0 Å². The number of carbonyl (C=O) groups is 2. The lowest BCUT2D eigenvalue weighted by Crippen LogP contribution is -2.47. The molecule has 3 atom stereocenters. The molecule has 3 N–H and O–H groups in total. The fourth-order valence-corrected chi connectivity index (χ4v) is 4.79. The van der Waals surface area contributed by atoms with Crippen molar-refractivity contribution >= 4 is 23.3 Å². The molecule has 0 saturated heterocycles. The van der Waals surface area contributed by atoms with Gasteiger partial charge in [-0.05, 0) is 64.8 Å². The van der Waals surface area contributed by atoms with Crippen molar-refractivity contribution in [2.45, 2.75) is 59.1 Å². The van der Waals surface area contributed by atoms with Crippen LogP contribution >= 0.6 is 0 Å². The Bertz CT molecular complexity index is 1100. The van der Waals surface area contributed by atoms with Gasteiger partial charge < -0.3 is 34.8 Å². The lowest BCUT2D eigenvalue weighted by Gasteiger charge is -2.34. The molecule has 2 aromatic rings. The van der Waals surface area contributed by atoms with Crippen molar-refractivity contribution in [1.82, 2.24) is 15.0 Å². The van der Waals surface area contributed by atoms with Gasteiger partial charge in [-0.2, -0.15) is 0 Å². The second-order valence-electron chi connectivity index (χ2n) is 10.7. The number of carbonyl (C=O) groups excluding carboxylic acids is 2.